The summed E-state index contributed by atoms with van der Waals surface area (Å²) in [6.45, 7) is 0. The molecule has 0 aliphatic rings. The molecule has 0 N–H and O–H groups in total. The van der Waals surface area contributed by atoms with Crippen molar-refractivity contribution >= 4 is 5.97 Å². The molecule has 0 aromatic heterocycles. The Balaban J connectivity index is 2.07. The lowest BCUT2D eigenvalue weighted by Gasteiger charge is -2.04. The van der Waals surface area contributed by atoms with E-state index in [4.69, 9.17) is 15.3 Å². The Kier molecular flexibility index (Phi) is 4.11. The predicted octanol–water partition coefficient (Wildman–Crippen LogP) is 2.84. The summed E-state index contributed by atoms with van der Waals surface area (Å²) in [5.74, 6) is -0.0661. The number of nitriles is 2. The molecule has 0 heterocycles. The summed E-state index contributed by atoms with van der Waals surface area (Å²) in [6.07, 6.45) is 0.323. The van der Waals surface area contributed by atoms with Gasteiger partial charge in [0.15, 0.2) is 0 Å². The lowest BCUT2D eigenvalue weighted by Crippen LogP contribution is -2.08. The van der Waals surface area contributed by atoms with Gasteiger partial charge in [0.05, 0.1) is 29.7 Å². The van der Waals surface area contributed by atoms with Crippen LogP contribution < -0.4 is 4.74 Å². The van der Waals surface area contributed by atoms with Gasteiger partial charge in [-0.2, -0.15) is 10.5 Å². The van der Waals surface area contributed by atoms with Gasteiger partial charge in [0.2, 0.25) is 0 Å². The van der Waals surface area contributed by atoms with Crippen LogP contribution in [0.3, 0.4) is 0 Å². The van der Waals surface area contributed by atoms with Gasteiger partial charge in [-0.25, -0.2) is 4.79 Å². The molecule has 0 amide bonds. The molecule has 20 heavy (non-hydrogen) atoms. The molecule has 0 aliphatic heterocycles. The largest absolute Gasteiger partial charge is 0.423 e. The SMILES string of the molecule is N#CCc1ccc(OC(=O)c2ccc(C#N)cc2)cc1. The van der Waals surface area contributed by atoms with Gasteiger partial charge in [-0.15, -0.1) is 0 Å². The summed E-state index contributed by atoms with van der Waals surface area (Å²) in [5.41, 5.74) is 1.73. The van der Waals surface area contributed by atoms with Crippen LogP contribution in [0.15, 0.2) is 48.5 Å². The maximum atomic E-state index is 11.9. The van der Waals surface area contributed by atoms with Crippen LogP contribution in [0.2, 0.25) is 0 Å². The van der Waals surface area contributed by atoms with Gasteiger partial charge in [-0.05, 0) is 42.0 Å². The van der Waals surface area contributed by atoms with E-state index in [-0.39, 0.29) is 0 Å². The van der Waals surface area contributed by atoms with Crippen molar-refractivity contribution in [1.82, 2.24) is 0 Å². The Morgan fingerprint density at radius 2 is 1.65 bits per heavy atom. The number of hydrogen-bond acceptors (Lipinski definition) is 4. The van der Waals surface area contributed by atoms with Gasteiger partial charge in [-0.3, -0.25) is 0 Å². The molecule has 0 aliphatic carbocycles. The lowest BCUT2D eigenvalue weighted by molar-refractivity contribution is 0.0734. The van der Waals surface area contributed by atoms with Crippen LogP contribution in [0.5, 0.6) is 5.75 Å². The molecule has 2 rings (SSSR count). The Labute approximate surface area is 116 Å². The Morgan fingerprint density at radius 3 is 2.20 bits per heavy atom. The van der Waals surface area contributed by atoms with Crippen LogP contribution in [0.4, 0.5) is 0 Å². The molecule has 0 saturated heterocycles. The molecule has 2 aromatic rings. The van der Waals surface area contributed by atoms with E-state index in [1.807, 2.05) is 12.1 Å². The van der Waals surface area contributed by atoms with Gasteiger partial charge >= 0.3 is 5.97 Å². The van der Waals surface area contributed by atoms with Crippen molar-refractivity contribution in [2.75, 3.05) is 0 Å². The Hall–Kier alpha value is -3.11. The van der Waals surface area contributed by atoms with Crippen LogP contribution >= 0.6 is 0 Å². The Morgan fingerprint density at radius 1 is 1.00 bits per heavy atom. The second-order valence-corrected chi connectivity index (χ2v) is 4.06. The van der Waals surface area contributed by atoms with Crippen molar-refractivity contribution in [1.29, 1.82) is 10.5 Å². The minimum Gasteiger partial charge on any atom is -0.423 e. The zero-order valence-electron chi connectivity index (χ0n) is 10.5. The number of nitrogens with zero attached hydrogens (tertiary/aromatic N) is 2. The smallest absolute Gasteiger partial charge is 0.343 e. The van der Waals surface area contributed by atoms with Gasteiger partial charge in [0, 0.05) is 0 Å². The van der Waals surface area contributed by atoms with Crippen molar-refractivity contribution in [3.8, 4) is 17.9 Å². The van der Waals surface area contributed by atoms with Crippen molar-refractivity contribution in [2.45, 2.75) is 6.42 Å². The highest BCUT2D eigenvalue weighted by molar-refractivity contribution is 5.91. The normalized spacial score (nSPS) is 9.30. The van der Waals surface area contributed by atoms with E-state index in [2.05, 4.69) is 0 Å². The average Bonchev–Trinajstić information content (AvgIpc) is 2.49. The number of esters is 1. The summed E-state index contributed by atoms with van der Waals surface area (Å²) in [7, 11) is 0. The minimum atomic E-state index is -0.484. The molecular weight excluding hydrogens is 252 g/mol. The van der Waals surface area contributed by atoms with Crippen molar-refractivity contribution < 1.29 is 9.53 Å². The van der Waals surface area contributed by atoms with Gasteiger partial charge in [0.1, 0.15) is 5.75 Å². The molecule has 2 aromatic carbocycles. The highest BCUT2D eigenvalue weighted by Gasteiger charge is 2.08. The van der Waals surface area contributed by atoms with E-state index in [1.54, 1.807) is 48.5 Å². The molecule has 0 unspecified atom stereocenters. The van der Waals surface area contributed by atoms with Crippen LogP contribution in [0, 0.1) is 22.7 Å². The first-order valence-corrected chi connectivity index (χ1v) is 5.91. The molecule has 4 nitrogen and oxygen atoms in total. The molecule has 0 spiro atoms. The number of carbonyl (C=O) groups is 1. The maximum absolute atomic E-state index is 11.9. The van der Waals surface area contributed by atoms with Crippen LogP contribution in [0.1, 0.15) is 21.5 Å². The van der Waals surface area contributed by atoms with Crippen LogP contribution in [-0.2, 0) is 6.42 Å². The fraction of sp³-hybridized carbons (Fsp3) is 0.0625. The third-order valence-electron chi connectivity index (χ3n) is 2.67. The molecular formula is C16H10N2O2. The van der Waals surface area contributed by atoms with E-state index < -0.39 is 5.97 Å². The first-order valence-electron chi connectivity index (χ1n) is 5.91. The van der Waals surface area contributed by atoms with E-state index >= 15 is 0 Å². The molecule has 4 heteroatoms. The molecule has 0 radical (unpaired) electrons. The third-order valence-corrected chi connectivity index (χ3v) is 2.67. The van der Waals surface area contributed by atoms with E-state index in [1.165, 1.54) is 0 Å². The average molecular weight is 262 g/mol. The van der Waals surface area contributed by atoms with Crippen molar-refractivity contribution in [2.24, 2.45) is 0 Å². The van der Waals surface area contributed by atoms with Crippen molar-refractivity contribution in [3.05, 3.63) is 65.2 Å². The summed E-state index contributed by atoms with van der Waals surface area (Å²) in [4.78, 5) is 11.9. The molecule has 0 bridgehead atoms. The van der Waals surface area contributed by atoms with Gasteiger partial charge < -0.3 is 4.74 Å². The van der Waals surface area contributed by atoms with Gasteiger partial charge in [-0.1, -0.05) is 12.1 Å². The summed E-state index contributed by atoms with van der Waals surface area (Å²) >= 11 is 0. The summed E-state index contributed by atoms with van der Waals surface area (Å²) in [6, 6.07) is 17.0. The first-order chi connectivity index (χ1) is 9.72. The lowest BCUT2D eigenvalue weighted by atomic mass is 10.1. The third kappa shape index (κ3) is 3.22. The van der Waals surface area contributed by atoms with Crippen LogP contribution in [-0.4, -0.2) is 5.97 Å². The number of carbonyl (C=O) groups excluding carboxylic acids is 1. The number of rotatable bonds is 3. The second-order valence-electron chi connectivity index (χ2n) is 4.06. The van der Waals surface area contributed by atoms with Gasteiger partial charge in [0.25, 0.3) is 0 Å². The topological polar surface area (TPSA) is 73.9 Å². The van der Waals surface area contributed by atoms with Crippen molar-refractivity contribution in [3.63, 3.8) is 0 Å². The maximum Gasteiger partial charge on any atom is 0.343 e. The minimum absolute atomic E-state index is 0.323. The Bertz CT molecular complexity index is 689. The van der Waals surface area contributed by atoms with E-state index in [9.17, 15) is 4.79 Å². The van der Waals surface area contributed by atoms with E-state index in [0.29, 0.717) is 23.3 Å². The number of ether oxygens (including phenoxy) is 1. The van der Waals surface area contributed by atoms with E-state index in [0.717, 1.165) is 5.56 Å². The fourth-order valence-electron chi connectivity index (χ4n) is 1.61. The zero-order chi connectivity index (χ0) is 14.4. The standard InChI is InChI=1S/C16H10N2O2/c17-10-9-12-3-7-15(8-4-12)20-16(19)14-5-1-13(11-18)2-6-14/h1-8H,9H2. The quantitative estimate of drug-likeness (QED) is 0.629. The molecule has 0 saturated carbocycles. The number of hydrogen-bond donors (Lipinski definition) is 0. The molecule has 0 fully saturated rings. The first kappa shape index (κ1) is 13.3. The summed E-state index contributed by atoms with van der Waals surface area (Å²) < 4.78 is 5.20. The fourth-order valence-corrected chi connectivity index (χ4v) is 1.61. The second kappa shape index (κ2) is 6.17. The molecule has 0 atom stereocenters. The van der Waals surface area contributed by atoms with Crippen LogP contribution in [0.25, 0.3) is 0 Å². The number of benzene rings is 2. The summed E-state index contributed by atoms with van der Waals surface area (Å²) in [5, 5.41) is 17.3. The predicted molar refractivity (Wildman–Crippen MR) is 71.9 cm³/mol. The highest BCUT2D eigenvalue weighted by Crippen LogP contribution is 2.15. The monoisotopic (exact) mass is 262 g/mol. The highest BCUT2D eigenvalue weighted by atomic mass is 16.5. The molecule has 96 valence electrons. The zero-order valence-corrected chi connectivity index (χ0v) is 10.5.